The Morgan fingerprint density at radius 3 is 2.43 bits per heavy atom. The van der Waals surface area contributed by atoms with E-state index in [0.717, 1.165) is 0 Å². The lowest BCUT2D eigenvalue weighted by Crippen LogP contribution is -2.46. The Morgan fingerprint density at radius 2 is 1.80 bits per heavy atom. The van der Waals surface area contributed by atoms with Crippen molar-refractivity contribution in [3.8, 4) is 5.75 Å². The van der Waals surface area contributed by atoms with Crippen molar-refractivity contribution in [3.63, 3.8) is 0 Å². The van der Waals surface area contributed by atoms with Crippen molar-refractivity contribution in [1.29, 1.82) is 0 Å². The van der Waals surface area contributed by atoms with Crippen molar-refractivity contribution in [2.75, 3.05) is 0 Å². The van der Waals surface area contributed by atoms with Crippen LogP contribution in [0, 0.1) is 0 Å². The van der Waals surface area contributed by atoms with Crippen molar-refractivity contribution in [1.82, 2.24) is 15.6 Å². The van der Waals surface area contributed by atoms with E-state index in [1.54, 1.807) is 6.07 Å². The number of carbonyl (C=O) groups is 1. The lowest BCUT2D eigenvalue weighted by Gasteiger charge is -2.31. The molecule has 0 aliphatic heterocycles. The van der Waals surface area contributed by atoms with Gasteiger partial charge in [-0.25, -0.2) is 8.78 Å². The Kier molecular flexibility index (Phi) is 7.36. The molecule has 1 fully saturated rings. The highest BCUT2D eigenvalue weighted by Crippen LogP contribution is 2.31. The van der Waals surface area contributed by atoms with Crippen LogP contribution in [0.4, 0.5) is 17.6 Å². The molecule has 0 unspecified atom stereocenters. The van der Waals surface area contributed by atoms with Gasteiger partial charge in [0.1, 0.15) is 5.75 Å². The molecular weight excluding hydrogens is 426 g/mol. The van der Waals surface area contributed by atoms with Crippen molar-refractivity contribution >= 4 is 28.4 Å². The topological polar surface area (TPSA) is 63.2 Å². The minimum Gasteiger partial charge on any atom is -0.433 e. The van der Waals surface area contributed by atoms with Crippen LogP contribution in [-0.4, -0.2) is 42.1 Å². The summed E-state index contributed by atoms with van der Waals surface area (Å²) in [5.74, 6) is -0.499. The molecule has 1 atom stereocenters. The van der Waals surface area contributed by atoms with E-state index in [2.05, 4.69) is 20.4 Å². The van der Waals surface area contributed by atoms with Crippen molar-refractivity contribution in [3.05, 3.63) is 35.0 Å². The van der Waals surface area contributed by atoms with Gasteiger partial charge in [-0.1, -0.05) is 11.6 Å². The fraction of sp³-hybridized carbons (Fsp3) is 0.500. The first-order valence-electron chi connectivity index (χ1n) is 9.62. The third-order valence-electron chi connectivity index (χ3n) is 5.15. The van der Waals surface area contributed by atoms with Gasteiger partial charge in [-0.2, -0.15) is 8.78 Å². The lowest BCUT2D eigenvalue weighted by molar-refractivity contribution is -0.0497. The molecule has 1 saturated carbocycles. The summed E-state index contributed by atoms with van der Waals surface area (Å²) in [6.07, 6.45) is 1.70. The molecule has 1 aliphatic carbocycles. The summed E-state index contributed by atoms with van der Waals surface area (Å²) in [6.45, 7) is -1.55. The molecular formula is C20H22ClF4N3O2. The van der Waals surface area contributed by atoms with E-state index < -0.39 is 19.1 Å². The van der Waals surface area contributed by atoms with E-state index in [4.69, 9.17) is 11.6 Å². The summed E-state index contributed by atoms with van der Waals surface area (Å²) < 4.78 is 54.5. The molecule has 1 heterocycles. The molecule has 2 aromatic rings. The molecule has 10 heteroatoms. The third-order valence-corrected chi connectivity index (χ3v) is 5.45. The number of benzene rings is 1. The van der Waals surface area contributed by atoms with Gasteiger partial charge in [-0.05, 0) is 44.7 Å². The quantitative estimate of drug-likeness (QED) is 0.600. The zero-order valence-electron chi connectivity index (χ0n) is 16.2. The Morgan fingerprint density at radius 1 is 1.13 bits per heavy atom. The van der Waals surface area contributed by atoms with Crippen LogP contribution in [0.15, 0.2) is 24.4 Å². The van der Waals surface area contributed by atoms with Gasteiger partial charge in [0.05, 0.1) is 22.1 Å². The van der Waals surface area contributed by atoms with Gasteiger partial charge in [-0.3, -0.25) is 9.78 Å². The number of aromatic nitrogens is 1. The maximum absolute atomic E-state index is 12.7. The summed E-state index contributed by atoms with van der Waals surface area (Å²) in [6, 6.07) is 3.38. The standard InChI is InChI=1S/C20H22ClF4N3O2/c1-10(18(22)23)27-13-2-4-14(5-3-13)28-19(29)12-6-11-7-15(21)17(30-20(24)25)8-16(11)26-9-12/h6-10,13-14,18,20,27H,2-5H2,1H3,(H,28,29)/t10-,13-,14-/m0/s1. The van der Waals surface area contributed by atoms with Gasteiger partial charge in [0.25, 0.3) is 12.3 Å². The summed E-state index contributed by atoms with van der Waals surface area (Å²) in [5.41, 5.74) is 0.680. The average molecular weight is 448 g/mol. The number of hydrogen-bond acceptors (Lipinski definition) is 4. The average Bonchev–Trinajstić information content (AvgIpc) is 2.69. The highest BCUT2D eigenvalue weighted by molar-refractivity contribution is 6.32. The normalized spacial score (nSPS) is 20.5. The number of hydrogen-bond donors (Lipinski definition) is 2. The predicted octanol–water partition coefficient (Wildman–Crippen LogP) is 4.77. The number of halogens is 5. The first-order valence-corrected chi connectivity index (χ1v) is 10.00. The number of ether oxygens (including phenoxy) is 1. The minimum absolute atomic E-state index is 0.00833. The second-order valence-electron chi connectivity index (χ2n) is 7.39. The molecule has 3 rings (SSSR count). The van der Waals surface area contributed by atoms with Crippen LogP contribution in [0.25, 0.3) is 10.9 Å². The number of alkyl halides is 4. The molecule has 0 radical (unpaired) electrons. The molecule has 0 bridgehead atoms. The van der Waals surface area contributed by atoms with Crippen LogP contribution >= 0.6 is 11.6 Å². The third kappa shape index (κ3) is 5.72. The molecule has 0 saturated heterocycles. The molecule has 1 aromatic carbocycles. The summed E-state index contributed by atoms with van der Waals surface area (Å²) >= 11 is 5.96. The smallest absolute Gasteiger partial charge is 0.387 e. The predicted molar refractivity (Wildman–Crippen MR) is 105 cm³/mol. The van der Waals surface area contributed by atoms with E-state index in [-0.39, 0.29) is 28.8 Å². The Bertz CT molecular complexity index is 892. The Balaban J connectivity index is 1.60. The monoisotopic (exact) mass is 447 g/mol. The number of nitrogens with one attached hydrogen (secondary N) is 2. The van der Waals surface area contributed by atoms with Crippen molar-refractivity contribution in [2.24, 2.45) is 0 Å². The van der Waals surface area contributed by atoms with E-state index >= 15 is 0 Å². The molecule has 1 aliphatic rings. The fourth-order valence-corrected chi connectivity index (χ4v) is 3.77. The van der Waals surface area contributed by atoms with Crippen LogP contribution in [0.3, 0.4) is 0 Å². The molecule has 0 spiro atoms. The number of fused-ring (bicyclic) bond motifs is 1. The van der Waals surface area contributed by atoms with Gasteiger partial charge in [0, 0.05) is 29.7 Å². The van der Waals surface area contributed by atoms with Crippen LogP contribution in [0.5, 0.6) is 5.75 Å². The summed E-state index contributed by atoms with van der Waals surface area (Å²) in [7, 11) is 0. The number of amides is 1. The second kappa shape index (κ2) is 9.78. The Labute approximate surface area is 176 Å². The van der Waals surface area contributed by atoms with Crippen LogP contribution < -0.4 is 15.4 Å². The van der Waals surface area contributed by atoms with Crippen LogP contribution in [0.1, 0.15) is 43.0 Å². The van der Waals surface area contributed by atoms with E-state index in [1.165, 1.54) is 25.3 Å². The highest BCUT2D eigenvalue weighted by atomic mass is 35.5. The molecule has 5 nitrogen and oxygen atoms in total. The molecule has 2 N–H and O–H groups in total. The van der Waals surface area contributed by atoms with Crippen molar-refractivity contribution in [2.45, 2.75) is 63.8 Å². The van der Waals surface area contributed by atoms with Crippen LogP contribution in [0.2, 0.25) is 5.02 Å². The number of nitrogens with zero attached hydrogens (tertiary/aromatic N) is 1. The van der Waals surface area contributed by atoms with E-state index in [9.17, 15) is 22.4 Å². The fourth-order valence-electron chi connectivity index (χ4n) is 3.56. The maximum atomic E-state index is 12.7. The number of pyridine rings is 1. The van der Waals surface area contributed by atoms with E-state index in [1.807, 2.05) is 0 Å². The zero-order chi connectivity index (χ0) is 21.8. The number of carbonyl (C=O) groups excluding carboxylic acids is 1. The number of rotatable bonds is 7. The van der Waals surface area contributed by atoms with Gasteiger partial charge in [0.15, 0.2) is 0 Å². The molecule has 164 valence electrons. The second-order valence-corrected chi connectivity index (χ2v) is 7.80. The molecule has 30 heavy (non-hydrogen) atoms. The van der Waals surface area contributed by atoms with E-state index in [0.29, 0.717) is 42.1 Å². The van der Waals surface area contributed by atoms with Gasteiger partial charge in [0.2, 0.25) is 0 Å². The Hall–Kier alpha value is -2.13. The first kappa shape index (κ1) is 22.6. The zero-order valence-corrected chi connectivity index (χ0v) is 16.9. The highest BCUT2D eigenvalue weighted by Gasteiger charge is 2.26. The summed E-state index contributed by atoms with van der Waals surface area (Å²) in [4.78, 5) is 16.7. The summed E-state index contributed by atoms with van der Waals surface area (Å²) in [5, 5.41) is 6.37. The van der Waals surface area contributed by atoms with Crippen LogP contribution in [-0.2, 0) is 0 Å². The molecule has 1 amide bonds. The van der Waals surface area contributed by atoms with Gasteiger partial charge < -0.3 is 15.4 Å². The molecule has 1 aromatic heterocycles. The van der Waals surface area contributed by atoms with Gasteiger partial charge >= 0.3 is 6.61 Å². The SMILES string of the molecule is C[C@H](N[C@H]1CC[C@H](NC(=O)c2cnc3cc(OC(F)F)c(Cl)cc3c2)CC1)C(F)F. The first-order chi connectivity index (χ1) is 14.2. The van der Waals surface area contributed by atoms with Crippen molar-refractivity contribution < 1.29 is 27.1 Å². The lowest BCUT2D eigenvalue weighted by atomic mass is 9.90. The van der Waals surface area contributed by atoms with Gasteiger partial charge in [-0.15, -0.1) is 0 Å². The minimum atomic E-state index is -3.01. The maximum Gasteiger partial charge on any atom is 0.387 e. The largest absolute Gasteiger partial charge is 0.433 e.